The van der Waals surface area contributed by atoms with Gasteiger partial charge in [-0.3, -0.25) is 9.69 Å². The number of anilines is 1. The van der Waals surface area contributed by atoms with Crippen LogP contribution in [0.4, 0.5) is 10.1 Å². The molecule has 0 saturated carbocycles. The fourth-order valence-corrected chi connectivity index (χ4v) is 3.57. The number of rotatable bonds is 8. The molecule has 0 unspecified atom stereocenters. The van der Waals surface area contributed by atoms with Crippen molar-refractivity contribution in [3.05, 3.63) is 47.8 Å². The summed E-state index contributed by atoms with van der Waals surface area (Å²) in [6, 6.07) is 10.2. The first-order chi connectivity index (χ1) is 14.1. The van der Waals surface area contributed by atoms with Gasteiger partial charge in [-0.05, 0) is 24.3 Å². The third kappa shape index (κ3) is 4.79. The summed E-state index contributed by atoms with van der Waals surface area (Å²) >= 11 is 0. The molecule has 0 radical (unpaired) electrons. The Labute approximate surface area is 170 Å². The van der Waals surface area contributed by atoms with Gasteiger partial charge in [0.15, 0.2) is 17.3 Å². The SMILES string of the molecule is COc1cc(C(=O)CCN2CCN(c3ccccc3F)CC2)cc(OC)c1OC. The lowest BCUT2D eigenvalue weighted by Gasteiger charge is -2.36. The van der Waals surface area contributed by atoms with Crippen LogP contribution in [-0.4, -0.2) is 64.7 Å². The van der Waals surface area contributed by atoms with Gasteiger partial charge in [0.05, 0.1) is 27.0 Å². The largest absolute Gasteiger partial charge is 0.493 e. The van der Waals surface area contributed by atoms with Crippen LogP contribution in [-0.2, 0) is 0 Å². The summed E-state index contributed by atoms with van der Waals surface area (Å²) in [6.45, 7) is 3.70. The first-order valence-electron chi connectivity index (χ1n) is 9.62. The molecule has 1 heterocycles. The summed E-state index contributed by atoms with van der Waals surface area (Å²) in [5.74, 6) is 1.22. The van der Waals surface area contributed by atoms with Crippen LogP contribution in [0.25, 0.3) is 0 Å². The van der Waals surface area contributed by atoms with E-state index in [1.54, 1.807) is 24.3 Å². The number of benzene rings is 2. The van der Waals surface area contributed by atoms with Gasteiger partial charge in [0.25, 0.3) is 0 Å². The number of methoxy groups -OCH3 is 3. The lowest BCUT2D eigenvalue weighted by molar-refractivity contribution is 0.0961. The van der Waals surface area contributed by atoms with Gasteiger partial charge in [-0.2, -0.15) is 0 Å². The molecule has 1 fully saturated rings. The van der Waals surface area contributed by atoms with Crippen LogP contribution in [0, 0.1) is 5.82 Å². The molecule has 0 atom stereocenters. The van der Waals surface area contributed by atoms with E-state index in [4.69, 9.17) is 14.2 Å². The van der Waals surface area contributed by atoms with E-state index in [9.17, 15) is 9.18 Å². The minimum Gasteiger partial charge on any atom is -0.493 e. The van der Waals surface area contributed by atoms with Crippen molar-refractivity contribution in [2.45, 2.75) is 6.42 Å². The van der Waals surface area contributed by atoms with E-state index < -0.39 is 0 Å². The topological polar surface area (TPSA) is 51.2 Å². The van der Waals surface area contributed by atoms with Crippen molar-refractivity contribution in [2.24, 2.45) is 0 Å². The molecule has 0 N–H and O–H groups in total. The Morgan fingerprint density at radius 3 is 2.14 bits per heavy atom. The molecule has 1 saturated heterocycles. The van der Waals surface area contributed by atoms with E-state index in [1.807, 2.05) is 11.0 Å². The Hall–Kier alpha value is -2.80. The van der Waals surface area contributed by atoms with Crippen LogP contribution in [0.1, 0.15) is 16.8 Å². The highest BCUT2D eigenvalue weighted by atomic mass is 19.1. The molecule has 29 heavy (non-hydrogen) atoms. The summed E-state index contributed by atoms with van der Waals surface area (Å²) in [5, 5.41) is 0. The van der Waals surface area contributed by atoms with E-state index in [-0.39, 0.29) is 11.6 Å². The molecule has 0 bridgehead atoms. The molecule has 6 nitrogen and oxygen atoms in total. The molecule has 2 aromatic carbocycles. The molecule has 1 aliphatic heterocycles. The summed E-state index contributed by atoms with van der Waals surface area (Å²) < 4.78 is 29.9. The van der Waals surface area contributed by atoms with Gasteiger partial charge in [-0.1, -0.05) is 12.1 Å². The van der Waals surface area contributed by atoms with Crippen molar-refractivity contribution in [1.29, 1.82) is 0 Å². The highest BCUT2D eigenvalue weighted by Gasteiger charge is 2.21. The monoisotopic (exact) mass is 402 g/mol. The van der Waals surface area contributed by atoms with E-state index in [2.05, 4.69) is 4.90 Å². The molecule has 1 aliphatic rings. The van der Waals surface area contributed by atoms with Gasteiger partial charge < -0.3 is 19.1 Å². The summed E-state index contributed by atoms with van der Waals surface area (Å²) in [6.07, 6.45) is 0.387. The third-order valence-electron chi connectivity index (χ3n) is 5.21. The number of hydrogen-bond donors (Lipinski definition) is 0. The van der Waals surface area contributed by atoms with Gasteiger partial charge in [0.1, 0.15) is 5.82 Å². The highest BCUT2D eigenvalue weighted by Crippen LogP contribution is 2.38. The predicted octanol–water partition coefficient (Wildman–Crippen LogP) is 3.25. The molecule has 0 aromatic heterocycles. The molecule has 7 heteroatoms. The molecule has 0 aliphatic carbocycles. The van der Waals surface area contributed by atoms with Gasteiger partial charge >= 0.3 is 0 Å². The number of halogens is 1. The number of ether oxygens (including phenoxy) is 3. The molecular weight excluding hydrogens is 375 g/mol. The van der Waals surface area contributed by atoms with Crippen molar-refractivity contribution in [1.82, 2.24) is 4.90 Å². The molecular formula is C22H27FN2O4. The Morgan fingerprint density at radius 2 is 1.59 bits per heavy atom. The van der Waals surface area contributed by atoms with Gasteiger partial charge in [0.2, 0.25) is 5.75 Å². The quantitative estimate of drug-likeness (QED) is 0.632. The average molecular weight is 402 g/mol. The smallest absolute Gasteiger partial charge is 0.203 e. The van der Waals surface area contributed by atoms with Crippen LogP contribution in [0.2, 0.25) is 0 Å². The molecule has 3 rings (SSSR count). The number of nitrogens with zero attached hydrogens (tertiary/aromatic N) is 2. The molecule has 0 amide bonds. The van der Waals surface area contributed by atoms with Crippen LogP contribution < -0.4 is 19.1 Å². The number of carbonyl (C=O) groups excluding carboxylic acids is 1. The standard InChI is InChI=1S/C22H27FN2O4/c1-27-20-14-16(15-21(28-2)22(20)29-3)19(26)8-9-24-10-12-25(13-11-24)18-7-5-4-6-17(18)23/h4-7,14-15H,8-13H2,1-3H3. The summed E-state index contributed by atoms with van der Waals surface area (Å²) in [4.78, 5) is 17.0. The normalized spacial score (nSPS) is 14.6. The fourth-order valence-electron chi connectivity index (χ4n) is 3.57. The van der Waals surface area contributed by atoms with Crippen molar-refractivity contribution in [3.8, 4) is 17.2 Å². The second-order valence-electron chi connectivity index (χ2n) is 6.87. The second-order valence-corrected chi connectivity index (χ2v) is 6.87. The molecule has 0 spiro atoms. The maximum atomic E-state index is 14.0. The average Bonchev–Trinajstić information content (AvgIpc) is 2.77. The van der Waals surface area contributed by atoms with E-state index in [0.717, 1.165) is 26.2 Å². The van der Waals surface area contributed by atoms with Crippen LogP contribution >= 0.6 is 0 Å². The van der Waals surface area contributed by atoms with E-state index >= 15 is 0 Å². The van der Waals surface area contributed by atoms with Crippen molar-refractivity contribution >= 4 is 11.5 Å². The minimum absolute atomic E-state index is 0.0146. The lowest BCUT2D eigenvalue weighted by atomic mass is 10.1. The number of ketones is 1. The Kier molecular flexibility index (Phi) is 6.93. The van der Waals surface area contributed by atoms with Crippen LogP contribution in [0.5, 0.6) is 17.2 Å². The number of Topliss-reactive ketones (excluding diaryl/α,β-unsaturated/α-hetero) is 1. The lowest BCUT2D eigenvalue weighted by Crippen LogP contribution is -2.47. The Balaban J connectivity index is 1.57. The highest BCUT2D eigenvalue weighted by molar-refractivity contribution is 5.97. The summed E-state index contributed by atoms with van der Waals surface area (Å²) in [5.41, 5.74) is 1.17. The van der Waals surface area contributed by atoms with Crippen LogP contribution in [0.15, 0.2) is 36.4 Å². The zero-order valence-electron chi connectivity index (χ0n) is 17.1. The number of hydrogen-bond acceptors (Lipinski definition) is 6. The fraction of sp³-hybridized carbons (Fsp3) is 0.409. The predicted molar refractivity (Wildman–Crippen MR) is 110 cm³/mol. The van der Waals surface area contributed by atoms with Gasteiger partial charge in [-0.15, -0.1) is 0 Å². The van der Waals surface area contributed by atoms with E-state index in [1.165, 1.54) is 27.4 Å². The number of para-hydroxylation sites is 1. The zero-order valence-corrected chi connectivity index (χ0v) is 17.1. The second kappa shape index (κ2) is 9.60. The maximum Gasteiger partial charge on any atom is 0.203 e. The Bertz CT molecular complexity index is 825. The van der Waals surface area contributed by atoms with Gasteiger partial charge in [-0.25, -0.2) is 4.39 Å². The first kappa shape index (κ1) is 20.9. The van der Waals surface area contributed by atoms with Crippen LogP contribution in [0.3, 0.4) is 0 Å². The Morgan fingerprint density at radius 1 is 0.966 bits per heavy atom. The van der Waals surface area contributed by atoms with E-state index in [0.29, 0.717) is 41.5 Å². The third-order valence-corrected chi connectivity index (χ3v) is 5.21. The summed E-state index contributed by atoms with van der Waals surface area (Å²) in [7, 11) is 4.59. The molecule has 156 valence electrons. The number of piperazine rings is 1. The van der Waals surface area contributed by atoms with Crippen molar-refractivity contribution in [2.75, 3.05) is 59.0 Å². The zero-order chi connectivity index (χ0) is 20.8. The maximum absolute atomic E-state index is 14.0. The molecule has 2 aromatic rings. The van der Waals surface area contributed by atoms with Gasteiger partial charge in [0, 0.05) is 44.7 Å². The van der Waals surface area contributed by atoms with Crippen molar-refractivity contribution in [3.63, 3.8) is 0 Å². The minimum atomic E-state index is -0.196. The number of carbonyl (C=O) groups is 1. The van der Waals surface area contributed by atoms with Crippen molar-refractivity contribution < 1.29 is 23.4 Å². The first-order valence-corrected chi connectivity index (χ1v) is 9.62.